The van der Waals surface area contributed by atoms with Crippen LogP contribution in [0, 0.1) is 11.6 Å². The van der Waals surface area contributed by atoms with Gasteiger partial charge in [-0.25, -0.2) is 32.0 Å². The highest BCUT2D eigenvalue weighted by Crippen LogP contribution is 2.41. The number of amides is 1. The number of nitrogens with one attached hydrogen (secondary N) is 3. The van der Waals surface area contributed by atoms with Gasteiger partial charge in [0.25, 0.3) is 0 Å². The Kier molecular flexibility index (Phi) is 7.50. The Bertz CT molecular complexity index is 2040. The van der Waals surface area contributed by atoms with Crippen LogP contribution in [0.2, 0.25) is 0 Å². The molecule has 1 aliphatic rings. The molecule has 0 radical (unpaired) electrons. The van der Waals surface area contributed by atoms with Crippen molar-refractivity contribution in [1.82, 2.24) is 30.0 Å². The predicted octanol–water partition coefficient (Wildman–Crippen LogP) is 5.85. The highest BCUT2D eigenvalue weighted by atomic mass is 32.2. The Balaban J connectivity index is 1.57. The van der Waals surface area contributed by atoms with E-state index in [0.29, 0.717) is 50.4 Å². The quantitative estimate of drug-likeness (QED) is 0.194. The summed E-state index contributed by atoms with van der Waals surface area (Å²) in [6.07, 6.45) is 2.30. The highest BCUT2D eigenvalue weighted by molar-refractivity contribution is 7.92. The smallest absolute Gasteiger partial charge is 0.408 e. The Hall–Kier alpha value is -4.59. The van der Waals surface area contributed by atoms with Gasteiger partial charge in [-0.2, -0.15) is 5.10 Å². The molecule has 1 saturated carbocycles. The third-order valence-corrected chi connectivity index (χ3v) is 7.87. The maximum atomic E-state index is 14.3. The van der Waals surface area contributed by atoms with Gasteiger partial charge in [-0.3, -0.25) is 9.40 Å². The number of aromatic amines is 1. The van der Waals surface area contributed by atoms with Gasteiger partial charge in [-0.05, 0) is 69.9 Å². The third-order valence-electron chi connectivity index (χ3n) is 7.31. The number of fused-ring (bicyclic) bond motifs is 2. The zero-order valence-corrected chi connectivity index (χ0v) is 26.2. The molecule has 11 nitrogen and oxygen atoms in total. The molecule has 3 N–H and O–H groups in total. The van der Waals surface area contributed by atoms with Gasteiger partial charge in [-0.1, -0.05) is 12.1 Å². The van der Waals surface area contributed by atoms with Crippen molar-refractivity contribution in [2.24, 2.45) is 7.05 Å². The molecule has 14 heteroatoms. The summed E-state index contributed by atoms with van der Waals surface area (Å²) in [6.45, 7) is 5.19. The molecule has 1 amide bonds. The van der Waals surface area contributed by atoms with Crippen molar-refractivity contribution in [1.29, 1.82) is 0 Å². The standard InChI is InChI=1S/C31H33F2N7O4S/c1-31(2,3)44-30(41)35-23(13-16-11-18(32)14-19(33)12-16)25-22(15-24-29(36-25)37-27(34-24)17-9-10-17)20-7-6-8-21-26(20)40(4)38-28(21)39-45(5,42)43/h6-8,11-12,14-15,17,23H,9-10,13H2,1-5H3,(H,35,41)(H,38,39)(H,34,36,37)/t23-/m0/s1. The van der Waals surface area contributed by atoms with Crippen LogP contribution >= 0.6 is 0 Å². The number of nitrogens with zero attached hydrogens (tertiary/aromatic N) is 4. The number of aromatic nitrogens is 5. The van der Waals surface area contributed by atoms with Gasteiger partial charge < -0.3 is 15.0 Å². The average molecular weight is 638 g/mol. The van der Waals surface area contributed by atoms with E-state index in [1.54, 1.807) is 44.6 Å². The van der Waals surface area contributed by atoms with Crippen molar-refractivity contribution in [3.05, 3.63) is 71.2 Å². The molecule has 5 aromatic rings. The number of carbonyl (C=O) groups excluding carboxylic acids is 1. The molecule has 0 spiro atoms. The molecule has 0 unspecified atom stereocenters. The number of hydrogen-bond donors (Lipinski definition) is 3. The first-order chi connectivity index (χ1) is 21.1. The van der Waals surface area contributed by atoms with Crippen molar-refractivity contribution in [3.63, 3.8) is 0 Å². The lowest BCUT2D eigenvalue weighted by atomic mass is 9.94. The minimum Gasteiger partial charge on any atom is -0.444 e. The van der Waals surface area contributed by atoms with Crippen molar-refractivity contribution in [3.8, 4) is 11.1 Å². The Morgan fingerprint density at radius 1 is 1.11 bits per heavy atom. The maximum absolute atomic E-state index is 14.3. The molecule has 0 saturated heterocycles. The van der Waals surface area contributed by atoms with E-state index in [1.807, 2.05) is 12.1 Å². The molecule has 6 rings (SSSR count). The summed E-state index contributed by atoms with van der Waals surface area (Å²) < 4.78 is 62.4. The van der Waals surface area contributed by atoms with Crippen molar-refractivity contribution < 1.29 is 26.7 Å². The number of carbonyl (C=O) groups is 1. The van der Waals surface area contributed by atoms with Gasteiger partial charge in [0.2, 0.25) is 10.0 Å². The van der Waals surface area contributed by atoms with Gasteiger partial charge in [-0.15, -0.1) is 0 Å². The largest absolute Gasteiger partial charge is 0.444 e. The maximum Gasteiger partial charge on any atom is 0.408 e. The van der Waals surface area contributed by atoms with Crippen LogP contribution < -0.4 is 10.0 Å². The molecule has 2 aromatic carbocycles. The fourth-order valence-electron chi connectivity index (χ4n) is 5.44. The number of aryl methyl sites for hydroxylation is 1. The van der Waals surface area contributed by atoms with E-state index in [-0.39, 0.29) is 12.2 Å². The number of imidazole rings is 1. The summed E-state index contributed by atoms with van der Waals surface area (Å²) >= 11 is 0. The van der Waals surface area contributed by atoms with Crippen molar-refractivity contribution in [2.75, 3.05) is 11.0 Å². The number of pyridine rings is 1. The van der Waals surface area contributed by atoms with E-state index in [0.717, 1.165) is 31.0 Å². The average Bonchev–Trinajstić information content (AvgIpc) is 3.60. The van der Waals surface area contributed by atoms with E-state index in [4.69, 9.17) is 14.7 Å². The van der Waals surface area contributed by atoms with Crippen LogP contribution in [0.1, 0.15) is 62.7 Å². The second kappa shape index (κ2) is 11.1. The van der Waals surface area contributed by atoms with E-state index in [1.165, 1.54) is 12.1 Å². The lowest BCUT2D eigenvalue weighted by Gasteiger charge is -2.25. The van der Waals surface area contributed by atoms with Crippen molar-refractivity contribution in [2.45, 2.75) is 57.6 Å². The van der Waals surface area contributed by atoms with Crippen LogP contribution in [-0.2, 0) is 28.2 Å². The summed E-state index contributed by atoms with van der Waals surface area (Å²) in [5.41, 5.74) is 2.75. The number of para-hydroxylation sites is 1. The molecule has 1 atom stereocenters. The number of alkyl carbamates (subject to hydrolysis) is 1. The minimum atomic E-state index is -3.63. The summed E-state index contributed by atoms with van der Waals surface area (Å²) in [5, 5.41) is 7.84. The van der Waals surface area contributed by atoms with E-state index in [2.05, 4.69) is 20.1 Å². The number of anilines is 1. The number of sulfonamides is 1. The molecular weight excluding hydrogens is 604 g/mol. The zero-order chi connectivity index (χ0) is 32.3. The fourth-order valence-corrected chi connectivity index (χ4v) is 5.94. The summed E-state index contributed by atoms with van der Waals surface area (Å²) in [6, 6.07) is 9.50. The zero-order valence-electron chi connectivity index (χ0n) is 25.4. The Morgan fingerprint density at radius 3 is 2.47 bits per heavy atom. The SMILES string of the molecule is Cn1nc(NS(C)(=O)=O)c2cccc(-c3cc4[nH]c(C5CC5)nc4nc3[C@H](Cc3cc(F)cc(F)c3)NC(=O)OC(C)(C)C)c21. The highest BCUT2D eigenvalue weighted by Gasteiger charge is 2.30. The third kappa shape index (κ3) is 6.75. The minimum absolute atomic E-state index is 0.0262. The van der Waals surface area contributed by atoms with Gasteiger partial charge in [0.1, 0.15) is 23.1 Å². The number of hydrogen-bond acceptors (Lipinski definition) is 7. The van der Waals surface area contributed by atoms with Crippen LogP contribution in [0.25, 0.3) is 33.2 Å². The number of H-pyrrole nitrogens is 1. The number of halogens is 2. The number of rotatable bonds is 8. The van der Waals surface area contributed by atoms with E-state index in [9.17, 15) is 22.0 Å². The number of benzene rings is 2. The lowest BCUT2D eigenvalue weighted by Crippen LogP contribution is -2.36. The first kappa shape index (κ1) is 30.4. The molecule has 0 bridgehead atoms. The molecule has 1 fully saturated rings. The summed E-state index contributed by atoms with van der Waals surface area (Å²) in [5.74, 6) is -0.234. The lowest BCUT2D eigenvalue weighted by molar-refractivity contribution is 0.0502. The predicted molar refractivity (Wildman–Crippen MR) is 166 cm³/mol. The Labute approximate surface area is 258 Å². The molecule has 1 aliphatic carbocycles. The fraction of sp³-hybridized carbons (Fsp3) is 0.355. The molecular formula is C31H33F2N7O4S. The van der Waals surface area contributed by atoms with E-state index >= 15 is 0 Å². The number of ether oxygens (including phenoxy) is 1. The summed E-state index contributed by atoms with van der Waals surface area (Å²) in [7, 11) is -1.93. The molecule has 236 valence electrons. The van der Waals surface area contributed by atoms with E-state index < -0.39 is 39.4 Å². The Morgan fingerprint density at radius 2 is 1.82 bits per heavy atom. The second-order valence-corrected chi connectivity index (χ2v) is 14.2. The van der Waals surface area contributed by atoms with Crippen molar-refractivity contribution >= 4 is 44.0 Å². The summed E-state index contributed by atoms with van der Waals surface area (Å²) in [4.78, 5) is 26.2. The molecule has 3 aromatic heterocycles. The van der Waals surface area contributed by atoms with Crippen LogP contribution in [0.15, 0.2) is 42.5 Å². The normalized spacial score (nSPS) is 14.6. The van der Waals surface area contributed by atoms with Crippen LogP contribution in [0.5, 0.6) is 0 Å². The molecule has 45 heavy (non-hydrogen) atoms. The van der Waals surface area contributed by atoms with Gasteiger partial charge in [0, 0.05) is 35.5 Å². The molecule has 3 heterocycles. The first-order valence-electron chi connectivity index (χ1n) is 14.4. The van der Waals surface area contributed by atoms with Gasteiger partial charge in [0.15, 0.2) is 11.5 Å². The van der Waals surface area contributed by atoms with Gasteiger partial charge >= 0.3 is 6.09 Å². The molecule has 0 aliphatic heterocycles. The van der Waals surface area contributed by atoms with Crippen LogP contribution in [-0.4, -0.2) is 51.1 Å². The van der Waals surface area contributed by atoms with Gasteiger partial charge in [0.05, 0.1) is 29.0 Å². The van der Waals surface area contributed by atoms with Crippen LogP contribution in [0.4, 0.5) is 19.4 Å². The first-order valence-corrected chi connectivity index (χ1v) is 16.3. The van der Waals surface area contributed by atoms with Crippen LogP contribution in [0.3, 0.4) is 0 Å². The topological polar surface area (TPSA) is 144 Å². The second-order valence-electron chi connectivity index (χ2n) is 12.4. The monoisotopic (exact) mass is 637 g/mol.